The molecule has 0 aliphatic heterocycles. The zero-order chi connectivity index (χ0) is 15.2. The van der Waals surface area contributed by atoms with Crippen molar-refractivity contribution in [3.8, 4) is 11.8 Å². The van der Waals surface area contributed by atoms with Gasteiger partial charge in [-0.3, -0.25) is 4.79 Å². The van der Waals surface area contributed by atoms with E-state index in [1.165, 1.54) is 12.8 Å². The zero-order valence-corrected chi connectivity index (χ0v) is 12.8. The summed E-state index contributed by atoms with van der Waals surface area (Å²) in [7, 11) is 2.11. The normalized spacial score (nSPS) is 13.7. The molecule has 21 heavy (non-hydrogen) atoms. The molecule has 1 aromatic rings. The van der Waals surface area contributed by atoms with Crippen molar-refractivity contribution in [2.75, 3.05) is 26.7 Å². The lowest BCUT2D eigenvalue weighted by Gasteiger charge is -2.15. The van der Waals surface area contributed by atoms with Crippen LogP contribution in [0.25, 0.3) is 0 Å². The van der Waals surface area contributed by atoms with Crippen LogP contribution in [0.5, 0.6) is 0 Å². The lowest BCUT2D eigenvalue weighted by atomic mass is 10.1. The topological polar surface area (TPSA) is 58.4 Å². The number of rotatable bonds is 5. The maximum atomic E-state index is 12.2. The fourth-order valence-corrected chi connectivity index (χ4v) is 2.29. The summed E-state index contributed by atoms with van der Waals surface area (Å²) in [6, 6.07) is 6.38. The van der Waals surface area contributed by atoms with Gasteiger partial charge in [-0.15, -0.1) is 0 Å². The van der Waals surface area contributed by atoms with E-state index in [1.54, 1.807) is 0 Å². The molecule has 1 saturated carbocycles. The first-order valence-electron chi connectivity index (χ1n) is 7.39. The highest BCUT2D eigenvalue weighted by atomic mass is 16.1. The van der Waals surface area contributed by atoms with Crippen molar-refractivity contribution in [2.24, 2.45) is 5.73 Å². The van der Waals surface area contributed by atoms with Crippen molar-refractivity contribution in [1.82, 2.24) is 10.2 Å². The van der Waals surface area contributed by atoms with Gasteiger partial charge in [-0.1, -0.05) is 11.8 Å². The quantitative estimate of drug-likeness (QED) is 0.797. The summed E-state index contributed by atoms with van der Waals surface area (Å²) in [5.74, 6) is 5.75. The van der Waals surface area contributed by atoms with Crippen LogP contribution < -0.4 is 11.1 Å². The Morgan fingerprint density at radius 3 is 2.86 bits per heavy atom. The molecule has 4 heteroatoms. The van der Waals surface area contributed by atoms with Crippen LogP contribution in [0.1, 0.15) is 34.3 Å². The van der Waals surface area contributed by atoms with Crippen LogP contribution >= 0.6 is 0 Å². The SMILES string of the molecule is Cc1cc(C#CCN)cc(C(=O)NCCN(C)C2CC2)c1. The summed E-state index contributed by atoms with van der Waals surface area (Å²) in [6.45, 7) is 3.85. The number of carbonyl (C=O) groups excluding carboxylic acids is 1. The van der Waals surface area contributed by atoms with Gasteiger partial charge in [0.1, 0.15) is 0 Å². The summed E-state index contributed by atoms with van der Waals surface area (Å²) in [5, 5.41) is 2.97. The van der Waals surface area contributed by atoms with Crippen molar-refractivity contribution in [1.29, 1.82) is 0 Å². The van der Waals surface area contributed by atoms with E-state index in [9.17, 15) is 4.79 Å². The minimum absolute atomic E-state index is 0.0429. The number of nitrogens with one attached hydrogen (secondary N) is 1. The zero-order valence-electron chi connectivity index (χ0n) is 12.8. The Kier molecular flexibility index (Phi) is 5.38. The maximum absolute atomic E-state index is 12.2. The average molecular weight is 285 g/mol. The van der Waals surface area contributed by atoms with Crippen molar-refractivity contribution < 1.29 is 4.79 Å². The van der Waals surface area contributed by atoms with Gasteiger partial charge in [0, 0.05) is 30.3 Å². The second-order valence-corrected chi connectivity index (χ2v) is 5.56. The number of hydrogen-bond acceptors (Lipinski definition) is 3. The Balaban J connectivity index is 1.92. The molecule has 1 amide bonds. The van der Waals surface area contributed by atoms with Crippen molar-refractivity contribution >= 4 is 5.91 Å². The van der Waals surface area contributed by atoms with E-state index in [1.807, 2.05) is 25.1 Å². The van der Waals surface area contributed by atoms with Crippen LogP contribution in [0.3, 0.4) is 0 Å². The molecule has 0 heterocycles. The minimum atomic E-state index is -0.0429. The smallest absolute Gasteiger partial charge is 0.251 e. The second kappa shape index (κ2) is 7.26. The van der Waals surface area contributed by atoms with E-state index in [0.29, 0.717) is 18.7 Å². The monoisotopic (exact) mass is 285 g/mol. The number of aryl methyl sites for hydroxylation is 1. The Bertz CT molecular complexity index is 567. The van der Waals surface area contributed by atoms with Crippen LogP contribution in [0.15, 0.2) is 18.2 Å². The molecule has 4 nitrogen and oxygen atoms in total. The number of nitrogens with two attached hydrogens (primary N) is 1. The highest BCUT2D eigenvalue weighted by Crippen LogP contribution is 2.24. The third-order valence-corrected chi connectivity index (χ3v) is 3.59. The van der Waals surface area contributed by atoms with Crippen LogP contribution in [-0.4, -0.2) is 43.5 Å². The van der Waals surface area contributed by atoms with Gasteiger partial charge in [0.2, 0.25) is 0 Å². The van der Waals surface area contributed by atoms with Crippen molar-refractivity contribution in [3.05, 3.63) is 34.9 Å². The molecule has 1 aliphatic rings. The van der Waals surface area contributed by atoms with E-state index < -0.39 is 0 Å². The van der Waals surface area contributed by atoms with E-state index in [4.69, 9.17) is 5.73 Å². The summed E-state index contributed by atoms with van der Waals surface area (Å²) >= 11 is 0. The first-order valence-corrected chi connectivity index (χ1v) is 7.39. The Morgan fingerprint density at radius 2 is 2.19 bits per heavy atom. The van der Waals surface area contributed by atoms with Gasteiger partial charge >= 0.3 is 0 Å². The third-order valence-electron chi connectivity index (χ3n) is 3.59. The summed E-state index contributed by atoms with van der Waals surface area (Å²) < 4.78 is 0. The minimum Gasteiger partial charge on any atom is -0.351 e. The van der Waals surface area contributed by atoms with E-state index in [-0.39, 0.29) is 5.91 Å². The summed E-state index contributed by atoms with van der Waals surface area (Å²) in [4.78, 5) is 14.5. The number of nitrogens with zero attached hydrogens (tertiary/aromatic N) is 1. The maximum Gasteiger partial charge on any atom is 0.251 e. The molecule has 0 unspecified atom stereocenters. The number of amides is 1. The highest BCUT2D eigenvalue weighted by molar-refractivity contribution is 5.94. The molecule has 2 rings (SSSR count). The van der Waals surface area contributed by atoms with Gasteiger partial charge in [0.25, 0.3) is 5.91 Å². The lowest BCUT2D eigenvalue weighted by molar-refractivity contribution is 0.0949. The first kappa shape index (κ1) is 15.6. The molecule has 112 valence electrons. The Labute approximate surface area is 126 Å². The molecule has 0 bridgehead atoms. The Hall–Kier alpha value is -1.83. The van der Waals surface area contributed by atoms with Gasteiger partial charge in [0.05, 0.1) is 6.54 Å². The molecule has 0 radical (unpaired) electrons. The predicted molar refractivity (Wildman–Crippen MR) is 85.1 cm³/mol. The molecule has 0 aromatic heterocycles. The third kappa shape index (κ3) is 4.89. The Morgan fingerprint density at radius 1 is 1.43 bits per heavy atom. The highest BCUT2D eigenvalue weighted by Gasteiger charge is 2.25. The van der Waals surface area contributed by atoms with Gasteiger partial charge in [-0.05, 0) is 50.6 Å². The van der Waals surface area contributed by atoms with Gasteiger partial charge < -0.3 is 16.0 Å². The summed E-state index contributed by atoms with van der Waals surface area (Å²) in [6.07, 6.45) is 2.57. The second-order valence-electron chi connectivity index (χ2n) is 5.56. The van der Waals surface area contributed by atoms with Crippen LogP contribution in [0, 0.1) is 18.8 Å². The fraction of sp³-hybridized carbons (Fsp3) is 0.471. The molecular formula is C17H23N3O. The van der Waals surface area contributed by atoms with Gasteiger partial charge in [0.15, 0.2) is 0 Å². The molecular weight excluding hydrogens is 262 g/mol. The van der Waals surface area contributed by atoms with Crippen molar-refractivity contribution in [3.63, 3.8) is 0 Å². The molecule has 1 fully saturated rings. The largest absolute Gasteiger partial charge is 0.351 e. The first-order chi connectivity index (χ1) is 10.1. The van der Waals surface area contributed by atoms with Crippen LogP contribution in [0.2, 0.25) is 0 Å². The van der Waals surface area contributed by atoms with E-state index in [2.05, 4.69) is 29.1 Å². The standard InChI is InChI=1S/C17H23N3O/c1-13-10-14(4-3-7-18)12-15(11-13)17(21)19-8-9-20(2)16-5-6-16/h10-12,16H,5-9,18H2,1-2H3,(H,19,21). The number of carbonyl (C=O) groups is 1. The number of benzene rings is 1. The number of likely N-dealkylation sites (N-methyl/N-ethyl adjacent to an activating group) is 1. The summed E-state index contributed by atoms with van der Waals surface area (Å²) in [5.41, 5.74) is 7.90. The molecule has 0 saturated heterocycles. The van der Waals surface area contributed by atoms with Crippen LogP contribution in [-0.2, 0) is 0 Å². The van der Waals surface area contributed by atoms with Gasteiger partial charge in [-0.2, -0.15) is 0 Å². The van der Waals surface area contributed by atoms with Crippen molar-refractivity contribution in [2.45, 2.75) is 25.8 Å². The fourth-order valence-electron chi connectivity index (χ4n) is 2.29. The molecule has 3 N–H and O–H groups in total. The van der Waals surface area contributed by atoms with Crippen LogP contribution in [0.4, 0.5) is 0 Å². The van der Waals surface area contributed by atoms with E-state index >= 15 is 0 Å². The van der Waals surface area contributed by atoms with Gasteiger partial charge in [-0.25, -0.2) is 0 Å². The van der Waals surface area contributed by atoms with E-state index in [0.717, 1.165) is 23.7 Å². The lowest BCUT2D eigenvalue weighted by Crippen LogP contribution is -2.34. The predicted octanol–water partition coefficient (Wildman–Crippen LogP) is 1.13. The molecule has 1 aliphatic carbocycles. The number of hydrogen-bond donors (Lipinski definition) is 2. The molecule has 0 spiro atoms. The molecule has 1 aromatic carbocycles. The molecule has 0 atom stereocenters. The average Bonchev–Trinajstić information content (AvgIpc) is 3.28.